The number of rotatable bonds is 5. The molecule has 0 unspecified atom stereocenters. The zero-order chi connectivity index (χ0) is 22.0. The van der Waals surface area contributed by atoms with Crippen LogP contribution < -0.4 is 10.1 Å². The van der Waals surface area contributed by atoms with Crippen LogP contribution in [-0.4, -0.2) is 23.9 Å². The summed E-state index contributed by atoms with van der Waals surface area (Å²) < 4.78 is 5.17. The predicted molar refractivity (Wildman–Crippen MR) is 116 cm³/mol. The number of nitriles is 1. The molecule has 6 nitrogen and oxygen atoms in total. The number of benzene rings is 3. The summed E-state index contributed by atoms with van der Waals surface area (Å²) in [6, 6.07) is 23.8. The Balaban J connectivity index is 1.55. The van der Waals surface area contributed by atoms with E-state index in [1.54, 1.807) is 44.4 Å². The van der Waals surface area contributed by atoms with Crippen molar-refractivity contribution in [3.05, 3.63) is 89.5 Å². The number of methoxy groups -OCH3 is 1. The number of nitrogens with zero attached hydrogens (tertiary/aromatic N) is 2. The van der Waals surface area contributed by atoms with Crippen molar-refractivity contribution in [1.29, 1.82) is 5.26 Å². The van der Waals surface area contributed by atoms with Crippen molar-refractivity contribution >= 4 is 11.9 Å². The normalized spacial score (nSPS) is 17.9. The van der Waals surface area contributed by atoms with E-state index in [1.807, 2.05) is 42.5 Å². The molecule has 3 aromatic carbocycles. The predicted octanol–water partition coefficient (Wildman–Crippen LogP) is 4.20. The first kappa shape index (κ1) is 20.2. The van der Waals surface area contributed by atoms with Gasteiger partial charge in [0.1, 0.15) is 11.3 Å². The Labute approximate surface area is 180 Å². The monoisotopic (exact) mass is 411 g/mol. The SMILES string of the molecule is COc1ccc([C@@]2(C)NC(=O)N(Cc3ccc(-c4ccccc4C#N)cc3)C2=O)cc1. The third kappa shape index (κ3) is 3.62. The molecule has 1 aliphatic heterocycles. The Morgan fingerprint density at radius 2 is 1.68 bits per heavy atom. The molecule has 3 amide bonds. The average Bonchev–Trinajstić information content (AvgIpc) is 3.03. The minimum atomic E-state index is -1.13. The number of urea groups is 1. The molecule has 0 saturated carbocycles. The van der Waals surface area contributed by atoms with Gasteiger partial charge in [0.15, 0.2) is 0 Å². The number of carbonyl (C=O) groups is 2. The minimum Gasteiger partial charge on any atom is -0.497 e. The highest BCUT2D eigenvalue weighted by atomic mass is 16.5. The molecule has 154 valence electrons. The summed E-state index contributed by atoms with van der Waals surface area (Å²) in [5.41, 5.74) is 2.73. The third-order valence-corrected chi connectivity index (χ3v) is 5.60. The van der Waals surface area contributed by atoms with Gasteiger partial charge in [-0.3, -0.25) is 9.69 Å². The number of nitrogens with one attached hydrogen (secondary N) is 1. The zero-order valence-corrected chi connectivity index (χ0v) is 17.3. The topological polar surface area (TPSA) is 82.4 Å². The zero-order valence-electron chi connectivity index (χ0n) is 17.3. The largest absolute Gasteiger partial charge is 0.497 e. The lowest BCUT2D eigenvalue weighted by Gasteiger charge is -2.22. The second-order valence-electron chi connectivity index (χ2n) is 7.53. The summed E-state index contributed by atoms with van der Waals surface area (Å²) in [5, 5.41) is 12.1. The lowest BCUT2D eigenvalue weighted by atomic mass is 9.92. The van der Waals surface area contributed by atoms with Gasteiger partial charge in [-0.25, -0.2) is 4.79 Å². The van der Waals surface area contributed by atoms with Crippen LogP contribution in [0.4, 0.5) is 4.79 Å². The van der Waals surface area contributed by atoms with E-state index in [0.29, 0.717) is 16.9 Å². The van der Waals surface area contributed by atoms with Crippen molar-refractivity contribution < 1.29 is 14.3 Å². The van der Waals surface area contributed by atoms with E-state index in [2.05, 4.69) is 11.4 Å². The summed E-state index contributed by atoms with van der Waals surface area (Å²) >= 11 is 0. The van der Waals surface area contributed by atoms with E-state index >= 15 is 0 Å². The fraction of sp³-hybridized carbons (Fsp3) is 0.160. The summed E-state index contributed by atoms with van der Waals surface area (Å²) in [5.74, 6) is 0.376. The molecular weight excluding hydrogens is 390 g/mol. The van der Waals surface area contributed by atoms with Crippen molar-refractivity contribution in [1.82, 2.24) is 10.2 Å². The number of hydrogen-bond donors (Lipinski definition) is 1. The van der Waals surface area contributed by atoms with Gasteiger partial charge in [0.05, 0.1) is 25.3 Å². The molecule has 1 aliphatic rings. The first-order chi connectivity index (χ1) is 15.0. The molecule has 1 fully saturated rings. The number of imide groups is 1. The van der Waals surface area contributed by atoms with Crippen molar-refractivity contribution in [2.24, 2.45) is 0 Å². The van der Waals surface area contributed by atoms with Gasteiger partial charge in [0, 0.05) is 0 Å². The number of ether oxygens (including phenoxy) is 1. The van der Waals surface area contributed by atoms with E-state index in [-0.39, 0.29) is 12.5 Å². The van der Waals surface area contributed by atoms with Crippen LogP contribution in [0, 0.1) is 11.3 Å². The highest BCUT2D eigenvalue weighted by Crippen LogP contribution is 2.31. The molecule has 0 aromatic heterocycles. The molecule has 1 saturated heterocycles. The number of carbonyl (C=O) groups excluding carboxylic acids is 2. The lowest BCUT2D eigenvalue weighted by molar-refractivity contribution is -0.131. The van der Waals surface area contributed by atoms with Crippen molar-refractivity contribution in [3.8, 4) is 22.9 Å². The van der Waals surface area contributed by atoms with Gasteiger partial charge in [0.25, 0.3) is 5.91 Å². The standard InChI is InChI=1S/C25H21N3O3/c1-25(20-11-13-21(31-2)14-12-20)23(29)28(24(30)27-25)16-17-7-9-18(10-8-17)22-6-4-3-5-19(22)15-26/h3-14H,16H2,1-2H3,(H,27,30)/t25-/m1/s1. The van der Waals surface area contributed by atoms with Crippen molar-refractivity contribution in [2.75, 3.05) is 7.11 Å². The maximum Gasteiger partial charge on any atom is 0.325 e. The van der Waals surface area contributed by atoms with Gasteiger partial charge in [-0.2, -0.15) is 5.26 Å². The number of amides is 3. The molecule has 3 aromatic rings. The van der Waals surface area contributed by atoms with Gasteiger partial charge in [-0.05, 0) is 47.4 Å². The average molecular weight is 411 g/mol. The Bertz CT molecular complexity index is 1180. The second-order valence-corrected chi connectivity index (χ2v) is 7.53. The Morgan fingerprint density at radius 3 is 2.32 bits per heavy atom. The van der Waals surface area contributed by atoms with E-state index in [0.717, 1.165) is 16.7 Å². The first-order valence-corrected chi connectivity index (χ1v) is 9.83. The van der Waals surface area contributed by atoms with Crippen LogP contribution in [-0.2, 0) is 16.9 Å². The molecule has 6 heteroatoms. The van der Waals surface area contributed by atoms with E-state index in [1.165, 1.54) is 4.90 Å². The summed E-state index contributed by atoms with van der Waals surface area (Å²) in [6.45, 7) is 1.87. The maximum atomic E-state index is 13.1. The Morgan fingerprint density at radius 1 is 1.00 bits per heavy atom. The summed E-state index contributed by atoms with van der Waals surface area (Å²) in [7, 11) is 1.57. The van der Waals surface area contributed by atoms with Gasteiger partial charge < -0.3 is 10.1 Å². The molecule has 0 aliphatic carbocycles. The van der Waals surface area contributed by atoms with E-state index < -0.39 is 11.6 Å². The number of hydrogen-bond acceptors (Lipinski definition) is 4. The minimum absolute atomic E-state index is 0.163. The van der Waals surface area contributed by atoms with Crippen LogP contribution in [0.2, 0.25) is 0 Å². The van der Waals surface area contributed by atoms with Crippen LogP contribution in [0.3, 0.4) is 0 Å². The van der Waals surface area contributed by atoms with Crippen LogP contribution >= 0.6 is 0 Å². The summed E-state index contributed by atoms with van der Waals surface area (Å²) in [6.07, 6.45) is 0. The van der Waals surface area contributed by atoms with Gasteiger partial charge >= 0.3 is 6.03 Å². The molecule has 0 radical (unpaired) electrons. The first-order valence-electron chi connectivity index (χ1n) is 9.83. The van der Waals surface area contributed by atoms with E-state index in [9.17, 15) is 14.9 Å². The van der Waals surface area contributed by atoms with Gasteiger partial charge in [0.2, 0.25) is 0 Å². The Kier molecular flexibility index (Phi) is 5.18. The molecule has 31 heavy (non-hydrogen) atoms. The second kappa shape index (κ2) is 7.96. The molecule has 1 N–H and O–H groups in total. The molecule has 4 rings (SSSR count). The fourth-order valence-electron chi connectivity index (χ4n) is 3.77. The quantitative estimate of drug-likeness (QED) is 0.638. The molecule has 0 bridgehead atoms. The van der Waals surface area contributed by atoms with Crippen LogP contribution in [0.25, 0.3) is 11.1 Å². The Hall–Kier alpha value is -4.11. The van der Waals surface area contributed by atoms with Crippen LogP contribution in [0.1, 0.15) is 23.6 Å². The highest BCUT2D eigenvalue weighted by molar-refractivity contribution is 6.07. The van der Waals surface area contributed by atoms with Crippen LogP contribution in [0.5, 0.6) is 5.75 Å². The smallest absolute Gasteiger partial charge is 0.325 e. The molecule has 0 spiro atoms. The molecule has 1 atom stereocenters. The van der Waals surface area contributed by atoms with Crippen molar-refractivity contribution in [2.45, 2.75) is 19.0 Å². The van der Waals surface area contributed by atoms with Gasteiger partial charge in [-0.1, -0.05) is 54.6 Å². The molecule has 1 heterocycles. The lowest BCUT2D eigenvalue weighted by Crippen LogP contribution is -2.40. The van der Waals surface area contributed by atoms with Gasteiger partial charge in [-0.15, -0.1) is 0 Å². The fourth-order valence-corrected chi connectivity index (χ4v) is 3.77. The van der Waals surface area contributed by atoms with E-state index in [4.69, 9.17) is 4.74 Å². The summed E-state index contributed by atoms with van der Waals surface area (Å²) in [4.78, 5) is 27.0. The third-order valence-electron chi connectivity index (χ3n) is 5.60. The van der Waals surface area contributed by atoms with Crippen molar-refractivity contribution in [3.63, 3.8) is 0 Å². The highest BCUT2D eigenvalue weighted by Gasteiger charge is 2.48. The van der Waals surface area contributed by atoms with Crippen LogP contribution in [0.15, 0.2) is 72.8 Å². The molecular formula is C25H21N3O3. The maximum absolute atomic E-state index is 13.1.